The number of hydrogen-bond donors (Lipinski definition) is 1. The fourth-order valence-corrected chi connectivity index (χ4v) is 5.83. The van der Waals surface area contributed by atoms with Gasteiger partial charge in [0.1, 0.15) is 4.90 Å². The van der Waals surface area contributed by atoms with Gasteiger partial charge < -0.3 is 10.2 Å². The van der Waals surface area contributed by atoms with Crippen molar-refractivity contribution in [3.63, 3.8) is 0 Å². The molecule has 0 unspecified atom stereocenters. The molecule has 0 bridgehead atoms. The lowest BCUT2D eigenvalue weighted by atomic mass is 10.2. The van der Waals surface area contributed by atoms with Crippen LogP contribution in [-0.2, 0) is 17.1 Å². The Hall–Kier alpha value is -2.03. The Morgan fingerprint density at radius 1 is 1.15 bits per heavy atom. The minimum atomic E-state index is -3.76. The highest BCUT2D eigenvalue weighted by atomic mass is 35.5. The molecule has 1 saturated heterocycles. The third-order valence-corrected chi connectivity index (χ3v) is 7.40. The Balaban J connectivity index is 1.91. The van der Waals surface area contributed by atoms with Gasteiger partial charge in [0.25, 0.3) is 10.0 Å². The summed E-state index contributed by atoms with van der Waals surface area (Å²) >= 11 is 6.50. The SMILES string of the molecule is Cc1nn(C)c(C)c1S(=O)(=O)n1ccc2c(N3CCNCC3)c(Cl)ccc21. The molecule has 9 heteroatoms. The van der Waals surface area contributed by atoms with Crippen LogP contribution in [0.3, 0.4) is 0 Å². The molecule has 2 aromatic heterocycles. The van der Waals surface area contributed by atoms with Crippen LogP contribution in [-0.4, -0.2) is 48.3 Å². The van der Waals surface area contributed by atoms with E-state index in [0.29, 0.717) is 21.9 Å². The number of piperazine rings is 1. The first kappa shape index (κ1) is 18.3. The van der Waals surface area contributed by atoms with Crippen LogP contribution in [0.2, 0.25) is 5.02 Å². The van der Waals surface area contributed by atoms with Gasteiger partial charge in [0.2, 0.25) is 0 Å². The van der Waals surface area contributed by atoms with Crippen LogP contribution in [0.4, 0.5) is 5.69 Å². The standard InChI is InChI=1S/C18H22ClN5O2S/c1-12-18(13(2)22(3)21-12)27(25,26)24-9-6-14-16(24)5-4-15(19)17(14)23-10-7-20-8-11-23/h4-6,9,20H,7-8,10-11H2,1-3H3. The lowest BCUT2D eigenvalue weighted by Gasteiger charge is -2.30. The number of benzene rings is 1. The van der Waals surface area contributed by atoms with Gasteiger partial charge in [0.15, 0.2) is 0 Å². The van der Waals surface area contributed by atoms with Crippen molar-refractivity contribution in [3.05, 3.63) is 40.8 Å². The number of hydrogen-bond acceptors (Lipinski definition) is 5. The maximum Gasteiger partial charge on any atom is 0.271 e. The molecule has 4 rings (SSSR count). The lowest BCUT2D eigenvalue weighted by Crippen LogP contribution is -2.43. The zero-order chi connectivity index (χ0) is 19.3. The van der Waals surface area contributed by atoms with Crippen molar-refractivity contribution in [1.82, 2.24) is 19.1 Å². The third kappa shape index (κ3) is 2.83. The summed E-state index contributed by atoms with van der Waals surface area (Å²) in [6.07, 6.45) is 1.61. The summed E-state index contributed by atoms with van der Waals surface area (Å²) in [7, 11) is -2.02. The first-order valence-corrected chi connectivity index (χ1v) is 10.6. The van der Waals surface area contributed by atoms with E-state index in [9.17, 15) is 8.42 Å². The van der Waals surface area contributed by atoms with Gasteiger partial charge in [-0.1, -0.05) is 11.6 Å². The molecule has 0 aliphatic carbocycles. The van der Waals surface area contributed by atoms with E-state index in [1.54, 1.807) is 43.9 Å². The van der Waals surface area contributed by atoms with Crippen molar-refractivity contribution >= 4 is 38.2 Å². The monoisotopic (exact) mass is 407 g/mol. The van der Waals surface area contributed by atoms with E-state index in [4.69, 9.17) is 11.6 Å². The summed E-state index contributed by atoms with van der Waals surface area (Å²) < 4.78 is 29.7. The lowest BCUT2D eigenvalue weighted by molar-refractivity contribution is 0.587. The van der Waals surface area contributed by atoms with E-state index in [-0.39, 0.29) is 4.90 Å². The van der Waals surface area contributed by atoms with Crippen molar-refractivity contribution in [1.29, 1.82) is 0 Å². The average molecular weight is 408 g/mol. The number of nitrogens with one attached hydrogen (secondary N) is 1. The van der Waals surface area contributed by atoms with Crippen LogP contribution >= 0.6 is 11.6 Å². The molecule has 0 spiro atoms. The van der Waals surface area contributed by atoms with Crippen molar-refractivity contribution in [2.45, 2.75) is 18.7 Å². The molecule has 0 atom stereocenters. The van der Waals surface area contributed by atoms with Gasteiger partial charge >= 0.3 is 0 Å². The zero-order valence-electron chi connectivity index (χ0n) is 15.5. The van der Waals surface area contributed by atoms with Gasteiger partial charge in [-0.3, -0.25) is 4.68 Å². The van der Waals surface area contributed by atoms with Crippen LogP contribution in [0.5, 0.6) is 0 Å². The molecule has 7 nitrogen and oxygen atoms in total. The Kier molecular flexibility index (Phi) is 4.44. The van der Waals surface area contributed by atoms with Crippen LogP contribution in [0.25, 0.3) is 10.9 Å². The Labute approximate surface area is 163 Å². The molecule has 1 fully saturated rings. The van der Waals surface area contributed by atoms with Crippen molar-refractivity contribution in [3.8, 4) is 0 Å². The number of halogens is 1. The number of aromatic nitrogens is 3. The van der Waals surface area contributed by atoms with E-state index < -0.39 is 10.0 Å². The van der Waals surface area contributed by atoms with Crippen LogP contribution in [0.15, 0.2) is 29.3 Å². The van der Waals surface area contributed by atoms with Gasteiger partial charge in [-0.25, -0.2) is 12.4 Å². The second kappa shape index (κ2) is 6.54. The zero-order valence-corrected chi connectivity index (χ0v) is 17.1. The molecule has 1 aliphatic heterocycles. The minimum Gasteiger partial charge on any atom is -0.367 e. The van der Waals surface area contributed by atoms with E-state index in [2.05, 4.69) is 15.3 Å². The summed E-state index contributed by atoms with van der Waals surface area (Å²) in [5, 5.41) is 9.06. The Morgan fingerprint density at radius 2 is 1.85 bits per heavy atom. The summed E-state index contributed by atoms with van der Waals surface area (Å²) in [5.74, 6) is 0. The average Bonchev–Trinajstić information content (AvgIpc) is 3.17. The van der Waals surface area contributed by atoms with Crippen LogP contribution in [0, 0.1) is 13.8 Å². The summed E-state index contributed by atoms with van der Waals surface area (Å²) in [4.78, 5) is 2.46. The highest BCUT2D eigenvalue weighted by Gasteiger charge is 2.28. The van der Waals surface area contributed by atoms with E-state index in [1.807, 2.05) is 6.07 Å². The molecule has 0 saturated carbocycles. The van der Waals surface area contributed by atoms with E-state index >= 15 is 0 Å². The number of nitrogens with zero attached hydrogens (tertiary/aromatic N) is 4. The van der Waals surface area contributed by atoms with Gasteiger partial charge in [-0.15, -0.1) is 0 Å². The highest BCUT2D eigenvalue weighted by molar-refractivity contribution is 7.90. The molecule has 1 aliphatic rings. The maximum atomic E-state index is 13.4. The summed E-state index contributed by atoms with van der Waals surface area (Å²) in [6, 6.07) is 5.37. The van der Waals surface area contributed by atoms with Gasteiger partial charge in [0.05, 0.1) is 27.6 Å². The van der Waals surface area contributed by atoms with Crippen molar-refractivity contribution in [2.75, 3.05) is 31.1 Å². The van der Waals surface area contributed by atoms with Crippen LogP contribution in [0.1, 0.15) is 11.4 Å². The normalized spacial score (nSPS) is 15.6. The Morgan fingerprint density at radius 3 is 2.48 bits per heavy atom. The van der Waals surface area contributed by atoms with Crippen molar-refractivity contribution < 1.29 is 8.42 Å². The second-order valence-electron chi connectivity index (χ2n) is 6.81. The predicted molar refractivity (Wildman–Crippen MR) is 107 cm³/mol. The number of rotatable bonds is 3. The fourth-order valence-electron chi connectivity index (χ4n) is 3.80. The highest BCUT2D eigenvalue weighted by Crippen LogP contribution is 2.37. The number of anilines is 1. The molecular weight excluding hydrogens is 386 g/mol. The number of fused-ring (bicyclic) bond motifs is 1. The van der Waals surface area contributed by atoms with Crippen molar-refractivity contribution in [2.24, 2.45) is 7.05 Å². The first-order valence-electron chi connectivity index (χ1n) is 8.83. The van der Waals surface area contributed by atoms with E-state index in [1.165, 1.54) is 3.97 Å². The fraction of sp³-hybridized carbons (Fsp3) is 0.389. The Bertz CT molecular complexity index is 1130. The third-order valence-electron chi connectivity index (χ3n) is 5.15. The van der Waals surface area contributed by atoms with Gasteiger partial charge in [0, 0.05) is 44.8 Å². The van der Waals surface area contributed by atoms with Gasteiger partial charge in [-0.2, -0.15) is 5.10 Å². The molecule has 1 N–H and O–H groups in total. The largest absolute Gasteiger partial charge is 0.367 e. The van der Waals surface area contributed by atoms with E-state index in [0.717, 1.165) is 37.3 Å². The molecule has 144 valence electrons. The smallest absolute Gasteiger partial charge is 0.271 e. The maximum absolute atomic E-state index is 13.4. The first-order chi connectivity index (χ1) is 12.8. The predicted octanol–water partition coefficient (Wildman–Crippen LogP) is 2.29. The molecule has 27 heavy (non-hydrogen) atoms. The molecule has 0 radical (unpaired) electrons. The second-order valence-corrected chi connectivity index (χ2v) is 8.96. The molecule has 3 heterocycles. The molecule has 3 aromatic rings. The summed E-state index contributed by atoms with van der Waals surface area (Å²) in [5.41, 5.74) is 2.62. The quantitative estimate of drug-likeness (QED) is 0.721. The molecule has 1 aromatic carbocycles. The molecular formula is C18H22ClN5O2S. The topological polar surface area (TPSA) is 72.2 Å². The van der Waals surface area contributed by atoms with Gasteiger partial charge in [-0.05, 0) is 32.0 Å². The molecule has 0 amide bonds. The van der Waals surface area contributed by atoms with Crippen LogP contribution < -0.4 is 10.2 Å². The minimum absolute atomic E-state index is 0.251. The summed E-state index contributed by atoms with van der Waals surface area (Å²) in [6.45, 7) is 6.89. The number of aryl methyl sites for hydroxylation is 2.